The Morgan fingerprint density at radius 2 is 1.93 bits per heavy atom. The molecule has 162 valence electrons. The second kappa shape index (κ2) is 10.6. The van der Waals surface area contributed by atoms with E-state index in [4.69, 9.17) is 9.47 Å². The summed E-state index contributed by atoms with van der Waals surface area (Å²) in [4.78, 5) is 27.6. The minimum absolute atomic E-state index is 0. The van der Waals surface area contributed by atoms with Crippen molar-refractivity contribution in [3.8, 4) is 11.5 Å². The molecule has 0 radical (unpaired) electrons. The number of carbonyl (C=O) groups excluding carboxylic acids is 2. The van der Waals surface area contributed by atoms with E-state index < -0.39 is 17.3 Å². The van der Waals surface area contributed by atoms with Crippen LogP contribution in [0, 0.1) is 0 Å². The van der Waals surface area contributed by atoms with Gasteiger partial charge in [0, 0.05) is 24.9 Å². The van der Waals surface area contributed by atoms with Crippen LogP contribution in [-0.2, 0) is 14.3 Å². The second-order valence-electron chi connectivity index (χ2n) is 6.59. The van der Waals surface area contributed by atoms with E-state index in [-0.39, 0.29) is 24.1 Å². The molecule has 3 rings (SSSR count). The Labute approximate surface area is 186 Å². The number of amides is 1. The number of halogens is 1. The maximum atomic E-state index is 13.5. The summed E-state index contributed by atoms with van der Waals surface area (Å²) in [5.41, 5.74) is 1.50. The highest BCUT2D eigenvalue weighted by Crippen LogP contribution is 2.47. The Morgan fingerprint density at radius 3 is 2.53 bits per heavy atom. The Bertz CT molecular complexity index is 893. The largest absolute Gasteiger partial charge is 0.508 e. The van der Waals surface area contributed by atoms with Crippen LogP contribution in [0.15, 0.2) is 47.4 Å². The van der Waals surface area contributed by atoms with Gasteiger partial charge in [-0.3, -0.25) is 9.59 Å². The number of ether oxygens (including phenoxy) is 2. The lowest BCUT2D eigenvalue weighted by molar-refractivity contribution is -0.152. The number of methoxy groups -OCH3 is 1. The quantitative estimate of drug-likeness (QED) is 0.651. The Morgan fingerprint density at radius 1 is 1.23 bits per heavy atom. The van der Waals surface area contributed by atoms with Gasteiger partial charge in [-0.05, 0) is 42.9 Å². The molecule has 1 amide bonds. The molecule has 0 fully saturated rings. The molecule has 9 heteroatoms. The fourth-order valence-corrected chi connectivity index (χ4v) is 4.55. The van der Waals surface area contributed by atoms with Gasteiger partial charge in [0.2, 0.25) is 0 Å². The smallest absolute Gasteiger partial charge is 0.303 e. The molecule has 30 heavy (non-hydrogen) atoms. The van der Waals surface area contributed by atoms with E-state index in [1.165, 1.54) is 18.7 Å². The zero-order valence-corrected chi connectivity index (χ0v) is 18.6. The summed E-state index contributed by atoms with van der Waals surface area (Å²) >= 11 is 1.39. The van der Waals surface area contributed by atoms with E-state index in [9.17, 15) is 14.7 Å². The molecular weight excluding hydrogens is 428 g/mol. The van der Waals surface area contributed by atoms with E-state index in [1.807, 2.05) is 12.1 Å². The third-order valence-corrected chi connectivity index (χ3v) is 5.95. The lowest BCUT2D eigenvalue weighted by Gasteiger charge is -2.27. The number of hydrogen-bond donors (Lipinski definition) is 2. The summed E-state index contributed by atoms with van der Waals surface area (Å²) in [7, 11) is 3.39. The first-order valence-corrected chi connectivity index (χ1v) is 10.1. The standard InChI is InChI=1S/C21H24N2O5S.ClH/c1-13(24)28-19-20(14-4-7-16(27-3)8-5-14)29-18-12-15(25)6-9-17(18)23(21(19)26)11-10-22-2;/h4-9,12,19-20,22,25H,10-11H2,1-3H3;1H. The van der Waals surface area contributed by atoms with Crippen molar-refractivity contribution in [1.82, 2.24) is 5.32 Å². The fourth-order valence-electron chi connectivity index (χ4n) is 3.20. The highest BCUT2D eigenvalue weighted by Gasteiger charge is 2.40. The van der Waals surface area contributed by atoms with Gasteiger partial charge in [-0.25, -0.2) is 0 Å². The molecule has 1 aliphatic rings. The normalized spacial score (nSPS) is 18.1. The van der Waals surface area contributed by atoms with E-state index in [0.29, 0.717) is 24.5 Å². The molecule has 7 nitrogen and oxygen atoms in total. The number of likely N-dealkylation sites (N-methyl/N-ethyl adjacent to an activating group) is 1. The van der Waals surface area contributed by atoms with Crippen LogP contribution in [-0.4, -0.2) is 50.3 Å². The van der Waals surface area contributed by atoms with E-state index >= 15 is 0 Å². The molecule has 0 aromatic heterocycles. The van der Waals surface area contributed by atoms with Crippen LogP contribution in [0.4, 0.5) is 5.69 Å². The van der Waals surface area contributed by atoms with Gasteiger partial charge in [-0.1, -0.05) is 12.1 Å². The van der Waals surface area contributed by atoms with Gasteiger partial charge in [0.25, 0.3) is 5.91 Å². The van der Waals surface area contributed by atoms with Gasteiger partial charge in [-0.15, -0.1) is 24.2 Å². The lowest BCUT2D eigenvalue weighted by Crippen LogP contribution is -2.45. The van der Waals surface area contributed by atoms with Crippen LogP contribution >= 0.6 is 24.2 Å². The first-order valence-electron chi connectivity index (χ1n) is 9.21. The van der Waals surface area contributed by atoms with Gasteiger partial charge in [-0.2, -0.15) is 0 Å². The number of phenols is 1. The number of nitrogens with zero attached hydrogens (tertiary/aromatic N) is 1. The molecule has 1 aliphatic heterocycles. The molecule has 2 N–H and O–H groups in total. The Hall–Kier alpha value is -2.42. The van der Waals surface area contributed by atoms with Crippen molar-refractivity contribution in [2.75, 3.05) is 32.1 Å². The number of carbonyl (C=O) groups is 2. The molecule has 1 heterocycles. The third kappa shape index (κ3) is 5.19. The van der Waals surface area contributed by atoms with E-state index in [1.54, 1.807) is 49.4 Å². The van der Waals surface area contributed by atoms with Gasteiger partial charge < -0.3 is 24.8 Å². The van der Waals surface area contributed by atoms with Crippen LogP contribution in [0.5, 0.6) is 11.5 Å². The average Bonchev–Trinajstić information content (AvgIpc) is 2.81. The van der Waals surface area contributed by atoms with Gasteiger partial charge in [0.1, 0.15) is 11.5 Å². The van der Waals surface area contributed by atoms with Gasteiger partial charge >= 0.3 is 5.97 Å². The van der Waals surface area contributed by atoms with E-state index in [2.05, 4.69) is 5.32 Å². The molecule has 2 unspecified atom stereocenters. The number of thioether (sulfide) groups is 1. The molecule has 0 spiro atoms. The van der Waals surface area contributed by atoms with Gasteiger partial charge in [0.15, 0.2) is 6.10 Å². The molecule has 2 atom stereocenters. The van der Waals surface area contributed by atoms with Crippen molar-refractivity contribution < 1.29 is 24.2 Å². The lowest BCUT2D eigenvalue weighted by atomic mass is 10.1. The first kappa shape index (κ1) is 23.9. The number of hydrogen-bond acceptors (Lipinski definition) is 7. The molecule has 2 aromatic carbocycles. The van der Waals surface area contributed by atoms with Crippen LogP contribution in [0.25, 0.3) is 0 Å². The molecule has 0 saturated carbocycles. The zero-order valence-electron chi connectivity index (χ0n) is 17.0. The summed E-state index contributed by atoms with van der Waals surface area (Å²) in [5.74, 6) is -0.0221. The number of fused-ring (bicyclic) bond motifs is 1. The Balaban J connectivity index is 0.00000320. The minimum atomic E-state index is -1.00. The summed E-state index contributed by atoms with van der Waals surface area (Å²) in [6.07, 6.45) is -1.00. The predicted octanol–water partition coefficient (Wildman–Crippen LogP) is 3.15. The molecular formula is C21H25ClN2O5S. The number of anilines is 1. The SMILES string of the molecule is CNCCN1C(=O)C(OC(C)=O)C(c2ccc(OC)cc2)Sc2cc(O)ccc21.Cl. The summed E-state index contributed by atoms with van der Waals surface area (Å²) in [6, 6.07) is 12.2. The summed E-state index contributed by atoms with van der Waals surface area (Å²) in [5, 5.41) is 12.6. The maximum Gasteiger partial charge on any atom is 0.303 e. The summed E-state index contributed by atoms with van der Waals surface area (Å²) in [6.45, 7) is 2.27. The fraction of sp³-hybridized carbons (Fsp3) is 0.333. The highest BCUT2D eigenvalue weighted by atomic mass is 35.5. The maximum absolute atomic E-state index is 13.5. The van der Waals surface area contributed by atoms with Crippen molar-refractivity contribution in [1.29, 1.82) is 0 Å². The topological polar surface area (TPSA) is 88.1 Å². The van der Waals surface area contributed by atoms with Crippen LogP contribution in [0.2, 0.25) is 0 Å². The highest BCUT2D eigenvalue weighted by molar-refractivity contribution is 7.99. The first-order chi connectivity index (χ1) is 13.9. The summed E-state index contributed by atoms with van der Waals surface area (Å²) < 4.78 is 10.7. The molecule has 0 bridgehead atoms. The number of phenolic OH excluding ortho intramolecular Hbond substituents is 1. The molecule has 0 aliphatic carbocycles. The number of aromatic hydroxyl groups is 1. The predicted molar refractivity (Wildman–Crippen MR) is 119 cm³/mol. The minimum Gasteiger partial charge on any atom is -0.508 e. The van der Waals surface area contributed by atoms with Gasteiger partial charge in [0.05, 0.1) is 18.0 Å². The Kier molecular flexibility index (Phi) is 8.40. The van der Waals surface area contributed by atoms with Crippen molar-refractivity contribution in [3.05, 3.63) is 48.0 Å². The van der Waals surface area contributed by atoms with Crippen LogP contribution in [0.1, 0.15) is 17.7 Å². The number of esters is 1. The van der Waals surface area contributed by atoms with Crippen molar-refractivity contribution >= 4 is 41.7 Å². The van der Waals surface area contributed by atoms with Crippen LogP contribution < -0.4 is 15.0 Å². The second-order valence-corrected chi connectivity index (χ2v) is 7.77. The number of nitrogens with one attached hydrogen (secondary N) is 1. The molecule has 0 saturated heterocycles. The monoisotopic (exact) mass is 452 g/mol. The zero-order chi connectivity index (χ0) is 21.0. The van der Waals surface area contributed by atoms with Crippen molar-refractivity contribution in [3.63, 3.8) is 0 Å². The van der Waals surface area contributed by atoms with Crippen LogP contribution in [0.3, 0.4) is 0 Å². The molecule has 2 aromatic rings. The third-order valence-electron chi connectivity index (χ3n) is 4.60. The average molecular weight is 453 g/mol. The van der Waals surface area contributed by atoms with Crippen molar-refractivity contribution in [2.24, 2.45) is 0 Å². The van der Waals surface area contributed by atoms with E-state index in [0.717, 1.165) is 10.5 Å². The number of benzene rings is 2. The number of rotatable bonds is 6. The van der Waals surface area contributed by atoms with Crippen molar-refractivity contribution in [2.45, 2.75) is 23.2 Å².